The van der Waals surface area contributed by atoms with E-state index in [4.69, 9.17) is 0 Å². The van der Waals surface area contributed by atoms with Gasteiger partial charge in [0.15, 0.2) is 5.16 Å². The summed E-state index contributed by atoms with van der Waals surface area (Å²) in [5, 5.41) is 11.0. The molecule has 3 nitrogen and oxygen atoms in total. The normalized spacial score (nSPS) is 25.3. The largest absolute Gasteiger partial charge is 0.392 e. The van der Waals surface area contributed by atoms with E-state index in [2.05, 4.69) is 9.97 Å². The fourth-order valence-electron chi connectivity index (χ4n) is 2.17. The third-order valence-corrected chi connectivity index (χ3v) is 4.32. The monoisotopic (exact) mass is 234 g/mol. The highest BCUT2D eigenvalue weighted by molar-refractivity contribution is 7.99. The fourth-order valence-corrected chi connectivity index (χ4v) is 3.36. The molecule has 1 aromatic heterocycles. The molecule has 1 aromatic carbocycles. The summed E-state index contributed by atoms with van der Waals surface area (Å²) in [5.74, 6) is 0. The predicted octanol–water partition coefficient (Wildman–Crippen LogP) is 2.57. The SMILES string of the molecule is O[C@@H]1CCC[C@H]1Sc1nc2ccccc2[nH]1. The topological polar surface area (TPSA) is 48.9 Å². The summed E-state index contributed by atoms with van der Waals surface area (Å²) < 4.78 is 0. The zero-order valence-corrected chi connectivity index (χ0v) is 9.70. The molecule has 3 rings (SSSR count). The van der Waals surface area contributed by atoms with Gasteiger partial charge in [-0.25, -0.2) is 4.98 Å². The van der Waals surface area contributed by atoms with Crippen molar-refractivity contribution in [1.29, 1.82) is 0 Å². The van der Waals surface area contributed by atoms with E-state index < -0.39 is 0 Å². The van der Waals surface area contributed by atoms with E-state index in [0.717, 1.165) is 35.5 Å². The molecule has 2 N–H and O–H groups in total. The third-order valence-electron chi connectivity index (χ3n) is 3.05. The van der Waals surface area contributed by atoms with Gasteiger partial charge in [-0.2, -0.15) is 0 Å². The number of hydrogen-bond donors (Lipinski definition) is 2. The molecule has 1 saturated carbocycles. The van der Waals surface area contributed by atoms with Gasteiger partial charge in [0.05, 0.1) is 17.1 Å². The van der Waals surface area contributed by atoms with Crippen molar-refractivity contribution < 1.29 is 5.11 Å². The van der Waals surface area contributed by atoms with E-state index >= 15 is 0 Å². The van der Waals surface area contributed by atoms with Crippen LogP contribution in [-0.4, -0.2) is 26.4 Å². The highest BCUT2D eigenvalue weighted by Crippen LogP contribution is 2.34. The maximum absolute atomic E-state index is 9.76. The second-order valence-corrected chi connectivity index (χ2v) is 5.44. The van der Waals surface area contributed by atoms with Crippen molar-refractivity contribution in [3.8, 4) is 0 Å². The van der Waals surface area contributed by atoms with Crippen molar-refractivity contribution in [2.75, 3.05) is 0 Å². The van der Waals surface area contributed by atoms with Gasteiger partial charge in [-0.3, -0.25) is 0 Å². The Morgan fingerprint density at radius 1 is 1.31 bits per heavy atom. The van der Waals surface area contributed by atoms with Crippen LogP contribution in [0.5, 0.6) is 0 Å². The first-order valence-electron chi connectivity index (χ1n) is 5.62. The van der Waals surface area contributed by atoms with Gasteiger partial charge < -0.3 is 10.1 Å². The van der Waals surface area contributed by atoms with Crippen molar-refractivity contribution in [1.82, 2.24) is 9.97 Å². The molecule has 1 heterocycles. The van der Waals surface area contributed by atoms with Gasteiger partial charge in [-0.05, 0) is 31.4 Å². The highest BCUT2D eigenvalue weighted by Gasteiger charge is 2.26. The number of rotatable bonds is 2. The number of H-pyrrole nitrogens is 1. The smallest absolute Gasteiger partial charge is 0.166 e. The van der Waals surface area contributed by atoms with Crippen LogP contribution in [-0.2, 0) is 0 Å². The summed E-state index contributed by atoms with van der Waals surface area (Å²) in [5.41, 5.74) is 2.06. The molecule has 16 heavy (non-hydrogen) atoms. The van der Waals surface area contributed by atoms with Gasteiger partial charge in [0, 0.05) is 5.25 Å². The Kier molecular flexibility index (Phi) is 2.61. The Bertz CT molecular complexity index is 463. The standard InChI is InChI=1S/C12H14N2OS/c15-10-6-3-7-11(10)16-12-13-8-4-1-2-5-9(8)14-12/h1-2,4-5,10-11,15H,3,6-7H2,(H,13,14)/t10-,11-/m1/s1. The Morgan fingerprint density at radius 3 is 2.94 bits per heavy atom. The molecule has 1 aliphatic rings. The van der Waals surface area contributed by atoms with Crippen molar-refractivity contribution in [2.24, 2.45) is 0 Å². The van der Waals surface area contributed by atoms with E-state index in [0.29, 0.717) is 5.25 Å². The maximum Gasteiger partial charge on any atom is 0.166 e. The van der Waals surface area contributed by atoms with E-state index in [9.17, 15) is 5.11 Å². The summed E-state index contributed by atoms with van der Waals surface area (Å²) in [7, 11) is 0. The van der Waals surface area contributed by atoms with Gasteiger partial charge in [0.2, 0.25) is 0 Å². The highest BCUT2D eigenvalue weighted by atomic mass is 32.2. The molecular formula is C12H14N2OS. The molecule has 2 atom stereocenters. The molecule has 4 heteroatoms. The summed E-state index contributed by atoms with van der Waals surface area (Å²) >= 11 is 1.67. The number of imidazole rings is 1. The number of fused-ring (bicyclic) bond motifs is 1. The lowest BCUT2D eigenvalue weighted by Crippen LogP contribution is -2.15. The van der Waals surface area contributed by atoms with Crippen LogP contribution in [0.15, 0.2) is 29.4 Å². The molecular weight excluding hydrogens is 220 g/mol. The Morgan fingerprint density at radius 2 is 2.19 bits per heavy atom. The second-order valence-electron chi connectivity index (χ2n) is 4.21. The van der Waals surface area contributed by atoms with Crippen molar-refractivity contribution >= 4 is 22.8 Å². The van der Waals surface area contributed by atoms with Crippen LogP contribution >= 0.6 is 11.8 Å². The van der Waals surface area contributed by atoms with Crippen LogP contribution in [0.1, 0.15) is 19.3 Å². The van der Waals surface area contributed by atoms with Crippen LogP contribution < -0.4 is 0 Å². The number of aromatic amines is 1. The van der Waals surface area contributed by atoms with E-state index in [1.807, 2.05) is 24.3 Å². The molecule has 0 spiro atoms. The fraction of sp³-hybridized carbons (Fsp3) is 0.417. The maximum atomic E-state index is 9.76. The van der Waals surface area contributed by atoms with E-state index in [1.54, 1.807) is 11.8 Å². The van der Waals surface area contributed by atoms with Crippen LogP contribution in [0.2, 0.25) is 0 Å². The Hall–Kier alpha value is -1.00. The molecule has 1 fully saturated rings. The average Bonchev–Trinajstić information content (AvgIpc) is 2.85. The lowest BCUT2D eigenvalue weighted by atomic mass is 10.3. The second kappa shape index (κ2) is 4.11. The lowest BCUT2D eigenvalue weighted by molar-refractivity contribution is 0.188. The van der Waals surface area contributed by atoms with Crippen molar-refractivity contribution in [3.63, 3.8) is 0 Å². The van der Waals surface area contributed by atoms with Gasteiger partial charge in [0.25, 0.3) is 0 Å². The minimum absolute atomic E-state index is 0.168. The summed E-state index contributed by atoms with van der Waals surface area (Å²) in [6.07, 6.45) is 2.97. The number of aliphatic hydroxyl groups is 1. The number of benzene rings is 1. The van der Waals surface area contributed by atoms with Crippen LogP contribution in [0.4, 0.5) is 0 Å². The number of thioether (sulfide) groups is 1. The minimum Gasteiger partial charge on any atom is -0.392 e. The minimum atomic E-state index is -0.168. The van der Waals surface area contributed by atoms with Crippen molar-refractivity contribution in [3.05, 3.63) is 24.3 Å². The molecule has 0 saturated heterocycles. The Balaban J connectivity index is 1.83. The summed E-state index contributed by atoms with van der Waals surface area (Å²) in [4.78, 5) is 7.79. The number of aliphatic hydroxyl groups excluding tert-OH is 1. The number of hydrogen-bond acceptors (Lipinski definition) is 3. The third kappa shape index (κ3) is 1.83. The number of aromatic nitrogens is 2. The molecule has 2 aromatic rings. The molecule has 0 bridgehead atoms. The van der Waals surface area contributed by atoms with E-state index in [1.165, 1.54) is 0 Å². The van der Waals surface area contributed by atoms with Gasteiger partial charge >= 0.3 is 0 Å². The molecule has 84 valence electrons. The lowest BCUT2D eigenvalue weighted by Gasteiger charge is -2.11. The summed E-state index contributed by atoms with van der Waals surface area (Å²) in [6.45, 7) is 0. The van der Waals surface area contributed by atoms with Gasteiger partial charge in [-0.15, -0.1) is 0 Å². The van der Waals surface area contributed by atoms with Crippen molar-refractivity contribution in [2.45, 2.75) is 35.8 Å². The number of para-hydroxylation sites is 2. The molecule has 0 aliphatic heterocycles. The zero-order valence-electron chi connectivity index (χ0n) is 8.89. The van der Waals surface area contributed by atoms with Crippen LogP contribution in [0.3, 0.4) is 0 Å². The van der Waals surface area contributed by atoms with Gasteiger partial charge in [-0.1, -0.05) is 23.9 Å². The quantitative estimate of drug-likeness (QED) is 0.839. The van der Waals surface area contributed by atoms with Crippen LogP contribution in [0.25, 0.3) is 11.0 Å². The first-order valence-corrected chi connectivity index (χ1v) is 6.50. The summed E-state index contributed by atoms with van der Waals surface area (Å²) in [6, 6.07) is 8.01. The number of nitrogens with zero attached hydrogens (tertiary/aromatic N) is 1. The van der Waals surface area contributed by atoms with Gasteiger partial charge in [0.1, 0.15) is 0 Å². The van der Waals surface area contributed by atoms with Crippen LogP contribution in [0, 0.1) is 0 Å². The molecule has 0 unspecified atom stereocenters. The Labute approximate surface area is 98.3 Å². The average molecular weight is 234 g/mol. The number of nitrogens with one attached hydrogen (secondary N) is 1. The molecule has 0 radical (unpaired) electrons. The first-order chi connectivity index (χ1) is 7.83. The zero-order chi connectivity index (χ0) is 11.0. The first kappa shape index (κ1) is 10.2. The molecule has 0 amide bonds. The predicted molar refractivity (Wildman–Crippen MR) is 65.6 cm³/mol. The van der Waals surface area contributed by atoms with E-state index in [-0.39, 0.29) is 6.10 Å². The molecule has 1 aliphatic carbocycles.